The van der Waals surface area contributed by atoms with E-state index in [1.54, 1.807) is 30.3 Å². The molecule has 2 aromatic carbocycles. The lowest BCUT2D eigenvalue weighted by molar-refractivity contribution is 0.218. The Labute approximate surface area is 169 Å². The van der Waals surface area contributed by atoms with Gasteiger partial charge in [-0.15, -0.1) is 0 Å². The number of rotatable bonds is 7. The van der Waals surface area contributed by atoms with Crippen LogP contribution >= 0.6 is 11.6 Å². The monoisotopic (exact) mass is 405 g/mol. The summed E-state index contributed by atoms with van der Waals surface area (Å²) in [6, 6.07) is 11.0. The van der Waals surface area contributed by atoms with Crippen molar-refractivity contribution in [2.45, 2.75) is 25.3 Å². The molecule has 1 saturated heterocycles. The Balaban J connectivity index is 1.56. The van der Waals surface area contributed by atoms with Gasteiger partial charge >= 0.3 is 6.03 Å². The fourth-order valence-corrected chi connectivity index (χ4v) is 3.87. The van der Waals surface area contributed by atoms with Crippen molar-refractivity contribution in [1.82, 2.24) is 15.5 Å². The normalized spacial score (nSPS) is 15.4. The summed E-state index contributed by atoms with van der Waals surface area (Å²) in [5, 5.41) is 15.5. The molecule has 0 spiro atoms. The SMILES string of the molecule is O=C(NCCc1cccc(O)c1)NCC(c1c(F)cccc1Cl)N1CCCC1. The number of phenolic OH excluding ortho intramolecular Hbond substituents is 1. The summed E-state index contributed by atoms with van der Waals surface area (Å²) in [7, 11) is 0. The van der Waals surface area contributed by atoms with Gasteiger partial charge in [0.15, 0.2) is 0 Å². The van der Waals surface area contributed by atoms with E-state index in [4.69, 9.17) is 11.6 Å². The zero-order valence-corrected chi connectivity index (χ0v) is 16.4. The number of nitrogens with one attached hydrogen (secondary N) is 2. The van der Waals surface area contributed by atoms with Crippen molar-refractivity contribution in [2.24, 2.45) is 0 Å². The third kappa shape index (κ3) is 5.36. The predicted octanol–water partition coefficient (Wildman–Crippen LogP) is 3.86. The molecule has 3 N–H and O–H groups in total. The number of halogens is 2. The van der Waals surface area contributed by atoms with Crippen molar-refractivity contribution in [3.8, 4) is 5.75 Å². The minimum absolute atomic E-state index is 0.206. The Morgan fingerprint density at radius 3 is 2.64 bits per heavy atom. The first-order valence-corrected chi connectivity index (χ1v) is 9.90. The lowest BCUT2D eigenvalue weighted by Gasteiger charge is -2.29. The van der Waals surface area contributed by atoms with Crippen LogP contribution in [0.3, 0.4) is 0 Å². The van der Waals surface area contributed by atoms with Gasteiger partial charge in [-0.1, -0.05) is 29.8 Å². The molecule has 1 aliphatic heterocycles. The van der Waals surface area contributed by atoms with Gasteiger partial charge in [-0.3, -0.25) is 4.90 Å². The maximum absolute atomic E-state index is 14.4. The van der Waals surface area contributed by atoms with Crippen LogP contribution < -0.4 is 10.6 Å². The van der Waals surface area contributed by atoms with Gasteiger partial charge in [0.05, 0.1) is 6.04 Å². The largest absolute Gasteiger partial charge is 0.508 e. The number of benzene rings is 2. The van der Waals surface area contributed by atoms with Crippen molar-refractivity contribution in [3.05, 3.63) is 64.4 Å². The van der Waals surface area contributed by atoms with Gasteiger partial charge in [0.25, 0.3) is 0 Å². The van der Waals surface area contributed by atoms with Gasteiger partial charge < -0.3 is 15.7 Å². The minimum Gasteiger partial charge on any atom is -0.508 e. The van der Waals surface area contributed by atoms with E-state index in [0.29, 0.717) is 23.6 Å². The Hall–Kier alpha value is -2.31. The quantitative estimate of drug-likeness (QED) is 0.655. The van der Waals surface area contributed by atoms with Crippen LogP contribution in [0, 0.1) is 5.82 Å². The molecule has 1 fully saturated rings. The summed E-state index contributed by atoms with van der Waals surface area (Å²) < 4.78 is 14.4. The van der Waals surface area contributed by atoms with Crippen molar-refractivity contribution in [1.29, 1.82) is 0 Å². The summed E-state index contributed by atoms with van der Waals surface area (Å²) >= 11 is 6.27. The topological polar surface area (TPSA) is 64.6 Å². The Kier molecular flexibility index (Phi) is 7.12. The summed E-state index contributed by atoms with van der Waals surface area (Å²) in [4.78, 5) is 14.4. The van der Waals surface area contributed by atoms with E-state index in [9.17, 15) is 14.3 Å². The van der Waals surface area contributed by atoms with Crippen LogP contribution in [-0.4, -0.2) is 42.2 Å². The number of hydrogen-bond donors (Lipinski definition) is 3. The Bertz CT molecular complexity index is 792. The fourth-order valence-electron chi connectivity index (χ4n) is 3.58. The van der Waals surface area contributed by atoms with E-state index in [1.807, 2.05) is 6.07 Å². The van der Waals surface area contributed by atoms with E-state index >= 15 is 0 Å². The Morgan fingerprint density at radius 2 is 1.93 bits per heavy atom. The van der Waals surface area contributed by atoms with Gasteiger partial charge in [0, 0.05) is 23.7 Å². The van der Waals surface area contributed by atoms with Crippen LogP contribution in [0.2, 0.25) is 5.02 Å². The molecule has 1 unspecified atom stereocenters. The van der Waals surface area contributed by atoms with Gasteiger partial charge in [-0.05, 0) is 62.2 Å². The van der Waals surface area contributed by atoms with Crippen LogP contribution in [0.15, 0.2) is 42.5 Å². The van der Waals surface area contributed by atoms with Gasteiger partial charge in [-0.25, -0.2) is 9.18 Å². The third-order valence-corrected chi connectivity index (χ3v) is 5.31. The molecular formula is C21H25ClFN3O2. The van der Waals surface area contributed by atoms with Crippen molar-refractivity contribution >= 4 is 17.6 Å². The van der Waals surface area contributed by atoms with Gasteiger partial charge in [0.2, 0.25) is 0 Å². The van der Waals surface area contributed by atoms with E-state index in [1.165, 1.54) is 6.07 Å². The number of aromatic hydroxyl groups is 1. The highest BCUT2D eigenvalue weighted by Gasteiger charge is 2.28. The molecule has 2 amide bonds. The van der Waals surface area contributed by atoms with Crippen LogP contribution in [0.4, 0.5) is 9.18 Å². The van der Waals surface area contributed by atoms with Crippen LogP contribution in [0.25, 0.3) is 0 Å². The summed E-state index contributed by atoms with van der Waals surface area (Å²) in [6.45, 7) is 2.43. The number of carbonyl (C=O) groups excluding carboxylic acids is 1. The molecule has 0 bridgehead atoms. The first-order valence-electron chi connectivity index (χ1n) is 9.52. The number of likely N-dealkylation sites (tertiary alicyclic amines) is 1. The zero-order valence-electron chi connectivity index (χ0n) is 15.6. The molecule has 2 aromatic rings. The molecule has 7 heteroatoms. The average Bonchev–Trinajstić information content (AvgIpc) is 3.18. The first-order chi connectivity index (χ1) is 13.5. The molecule has 28 heavy (non-hydrogen) atoms. The molecule has 5 nitrogen and oxygen atoms in total. The van der Waals surface area contributed by atoms with E-state index in [0.717, 1.165) is 31.5 Å². The molecule has 0 aliphatic carbocycles. The first kappa shape index (κ1) is 20.4. The number of nitrogens with zero attached hydrogens (tertiary/aromatic N) is 1. The molecule has 0 aromatic heterocycles. The molecule has 1 aliphatic rings. The molecule has 150 valence electrons. The van der Waals surface area contributed by atoms with Crippen molar-refractivity contribution in [3.63, 3.8) is 0 Å². The summed E-state index contributed by atoms with van der Waals surface area (Å²) in [5.41, 5.74) is 1.37. The highest BCUT2D eigenvalue weighted by Crippen LogP contribution is 2.31. The van der Waals surface area contributed by atoms with Crippen LogP contribution in [-0.2, 0) is 6.42 Å². The molecule has 0 saturated carbocycles. The van der Waals surface area contributed by atoms with Crippen LogP contribution in [0.1, 0.15) is 30.0 Å². The molecule has 1 atom stereocenters. The lowest BCUT2D eigenvalue weighted by atomic mass is 10.0. The van der Waals surface area contributed by atoms with E-state index < -0.39 is 0 Å². The predicted molar refractivity (Wildman–Crippen MR) is 108 cm³/mol. The van der Waals surface area contributed by atoms with Crippen LogP contribution in [0.5, 0.6) is 5.75 Å². The smallest absolute Gasteiger partial charge is 0.314 e. The maximum atomic E-state index is 14.4. The number of amides is 2. The number of hydrogen-bond acceptors (Lipinski definition) is 3. The maximum Gasteiger partial charge on any atom is 0.314 e. The standard InChI is InChI=1S/C21H25ClFN3O2/c22-17-7-4-8-18(23)20(17)19(26-11-1-2-12-26)14-25-21(28)24-10-9-15-5-3-6-16(27)13-15/h3-8,13,19,27H,1-2,9-12,14H2,(H2,24,25,28). The summed E-state index contributed by atoms with van der Waals surface area (Å²) in [6.07, 6.45) is 2.72. The molecular weight excluding hydrogens is 381 g/mol. The average molecular weight is 406 g/mol. The van der Waals surface area contributed by atoms with Gasteiger partial charge in [-0.2, -0.15) is 0 Å². The second-order valence-corrected chi connectivity index (χ2v) is 7.36. The van der Waals surface area contributed by atoms with Gasteiger partial charge in [0.1, 0.15) is 11.6 Å². The second-order valence-electron chi connectivity index (χ2n) is 6.95. The zero-order chi connectivity index (χ0) is 19.9. The highest BCUT2D eigenvalue weighted by molar-refractivity contribution is 6.31. The third-order valence-electron chi connectivity index (χ3n) is 4.98. The minimum atomic E-state index is -0.351. The molecule has 1 heterocycles. The molecule has 0 radical (unpaired) electrons. The van der Waals surface area contributed by atoms with E-state index in [2.05, 4.69) is 15.5 Å². The highest BCUT2D eigenvalue weighted by atomic mass is 35.5. The Morgan fingerprint density at radius 1 is 1.18 bits per heavy atom. The second kappa shape index (κ2) is 9.75. The number of phenols is 1. The fraction of sp³-hybridized carbons (Fsp3) is 0.381. The lowest BCUT2D eigenvalue weighted by Crippen LogP contribution is -2.42. The van der Waals surface area contributed by atoms with E-state index in [-0.39, 0.29) is 30.2 Å². The summed E-state index contributed by atoms with van der Waals surface area (Å²) in [5.74, 6) is -0.146. The molecule has 3 rings (SSSR count). The number of carbonyl (C=O) groups is 1. The number of urea groups is 1. The van der Waals surface area contributed by atoms with Crippen molar-refractivity contribution in [2.75, 3.05) is 26.2 Å². The van der Waals surface area contributed by atoms with Crippen molar-refractivity contribution < 1.29 is 14.3 Å².